The Kier molecular flexibility index (Phi) is 3.97. The minimum absolute atomic E-state index is 0.301. The summed E-state index contributed by atoms with van der Waals surface area (Å²) in [5, 5.41) is 9.74. The van der Waals surface area contributed by atoms with Gasteiger partial charge in [-0.2, -0.15) is 0 Å². The van der Waals surface area contributed by atoms with Gasteiger partial charge in [0.05, 0.1) is 12.7 Å². The van der Waals surface area contributed by atoms with Crippen molar-refractivity contribution < 1.29 is 14.6 Å². The third-order valence-electron chi connectivity index (χ3n) is 2.37. The smallest absolute Gasteiger partial charge is 0.119 e. The van der Waals surface area contributed by atoms with Gasteiger partial charge in [0.25, 0.3) is 0 Å². The van der Waals surface area contributed by atoms with Crippen molar-refractivity contribution in [1.82, 2.24) is 0 Å². The predicted octanol–water partition coefficient (Wildman–Crippen LogP) is 2.24. The Morgan fingerprint density at radius 1 is 1.20 bits per heavy atom. The molecule has 0 aliphatic carbocycles. The lowest BCUT2D eigenvalue weighted by atomic mass is 10.1. The summed E-state index contributed by atoms with van der Waals surface area (Å²) in [6, 6.07) is 7.31. The van der Waals surface area contributed by atoms with E-state index in [0.29, 0.717) is 13.0 Å². The highest BCUT2D eigenvalue weighted by atomic mass is 16.5. The molecule has 0 heterocycles. The molecule has 0 fully saturated rings. The van der Waals surface area contributed by atoms with Gasteiger partial charge in [0.1, 0.15) is 18.1 Å². The SMILES string of the molecule is CCC(C)(O)COc1ccc(OC)cc1. The number of methoxy groups -OCH3 is 1. The summed E-state index contributed by atoms with van der Waals surface area (Å²) in [6.45, 7) is 3.99. The molecule has 0 spiro atoms. The molecule has 1 aromatic rings. The van der Waals surface area contributed by atoms with Crippen molar-refractivity contribution in [3.8, 4) is 11.5 Å². The average molecular weight is 210 g/mol. The van der Waals surface area contributed by atoms with Gasteiger partial charge in [0.15, 0.2) is 0 Å². The van der Waals surface area contributed by atoms with E-state index in [1.54, 1.807) is 14.0 Å². The van der Waals surface area contributed by atoms with Crippen LogP contribution in [0.1, 0.15) is 20.3 Å². The summed E-state index contributed by atoms with van der Waals surface area (Å²) >= 11 is 0. The lowest BCUT2D eigenvalue weighted by Gasteiger charge is -2.21. The molecule has 0 saturated heterocycles. The molecule has 1 unspecified atom stereocenters. The Balaban J connectivity index is 2.51. The predicted molar refractivity (Wildman–Crippen MR) is 59.4 cm³/mol. The Bertz CT molecular complexity index is 290. The number of hydrogen-bond acceptors (Lipinski definition) is 3. The minimum atomic E-state index is -0.764. The molecular formula is C12H18O3. The molecule has 1 aromatic carbocycles. The van der Waals surface area contributed by atoms with E-state index >= 15 is 0 Å². The van der Waals surface area contributed by atoms with Gasteiger partial charge in [-0.15, -0.1) is 0 Å². The molecule has 3 nitrogen and oxygen atoms in total. The Morgan fingerprint density at radius 3 is 2.20 bits per heavy atom. The van der Waals surface area contributed by atoms with Gasteiger partial charge in [-0.05, 0) is 37.6 Å². The second-order valence-electron chi connectivity index (χ2n) is 3.81. The zero-order chi connectivity index (χ0) is 11.3. The van der Waals surface area contributed by atoms with Crippen LogP contribution in [-0.4, -0.2) is 24.4 Å². The Labute approximate surface area is 90.6 Å². The van der Waals surface area contributed by atoms with Crippen molar-refractivity contribution in [1.29, 1.82) is 0 Å². The van der Waals surface area contributed by atoms with Crippen LogP contribution in [0.15, 0.2) is 24.3 Å². The van der Waals surface area contributed by atoms with Crippen molar-refractivity contribution in [2.75, 3.05) is 13.7 Å². The highest BCUT2D eigenvalue weighted by molar-refractivity contribution is 5.31. The fourth-order valence-corrected chi connectivity index (χ4v) is 1.01. The van der Waals surface area contributed by atoms with Crippen LogP contribution in [0, 0.1) is 0 Å². The van der Waals surface area contributed by atoms with Crippen molar-refractivity contribution in [3.05, 3.63) is 24.3 Å². The van der Waals surface area contributed by atoms with E-state index in [1.807, 2.05) is 31.2 Å². The van der Waals surface area contributed by atoms with Crippen molar-refractivity contribution >= 4 is 0 Å². The van der Waals surface area contributed by atoms with E-state index in [9.17, 15) is 5.11 Å². The van der Waals surface area contributed by atoms with Crippen LogP contribution < -0.4 is 9.47 Å². The summed E-state index contributed by atoms with van der Waals surface area (Å²) in [7, 11) is 1.62. The first-order chi connectivity index (χ1) is 7.07. The molecular weight excluding hydrogens is 192 g/mol. The second kappa shape index (κ2) is 5.03. The third-order valence-corrected chi connectivity index (χ3v) is 2.37. The number of rotatable bonds is 5. The molecule has 0 radical (unpaired) electrons. The van der Waals surface area contributed by atoms with Gasteiger partial charge >= 0.3 is 0 Å². The molecule has 3 heteroatoms. The molecule has 0 aliphatic rings. The number of aliphatic hydroxyl groups is 1. The molecule has 0 bridgehead atoms. The summed E-state index contributed by atoms with van der Waals surface area (Å²) in [5.41, 5.74) is -0.764. The van der Waals surface area contributed by atoms with Crippen LogP contribution >= 0.6 is 0 Å². The first-order valence-electron chi connectivity index (χ1n) is 5.06. The highest BCUT2D eigenvalue weighted by Crippen LogP contribution is 2.18. The van der Waals surface area contributed by atoms with Crippen molar-refractivity contribution in [3.63, 3.8) is 0 Å². The molecule has 1 rings (SSSR count). The van der Waals surface area contributed by atoms with Crippen LogP contribution in [0.5, 0.6) is 11.5 Å². The number of benzene rings is 1. The summed E-state index contributed by atoms with van der Waals surface area (Å²) in [6.07, 6.45) is 0.670. The summed E-state index contributed by atoms with van der Waals surface area (Å²) in [4.78, 5) is 0. The number of ether oxygens (including phenoxy) is 2. The molecule has 84 valence electrons. The van der Waals surface area contributed by atoms with Gasteiger partial charge in [0.2, 0.25) is 0 Å². The molecule has 1 atom stereocenters. The minimum Gasteiger partial charge on any atom is -0.497 e. The van der Waals surface area contributed by atoms with Gasteiger partial charge in [-0.25, -0.2) is 0 Å². The largest absolute Gasteiger partial charge is 0.497 e. The van der Waals surface area contributed by atoms with Crippen LogP contribution in [0.2, 0.25) is 0 Å². The van der Waals surface area contributed by atoms with E-state index < -0.39 is 5.60 Å². The van der Waals surface area contributed by atoms with Gasteiger partial charge in [-0.3, -0.25) is 0 Å². The van der Waals surface area contributed by atoms with Crippen LogP contribution in [0.25, 0.3) is 0 Å². The van der Waals surface area contributed by atoms with Crippen LogP contribution in [0.3, 0.4) is 0 Å². The summed E-state index contributed by atoms with van der Waals surface area (Å²) in [5.74, 6) is 1.54. The van der Waals surface area contributed by atoms with E-state index in [0.717, 1.165) is 11.5 Å². The quantitative estimate of drug-likeness (QED) is 0.810. The number of hydrogen-bond donors (Lipinski definition) is 1. The average Bonchev–Trinajstić information content (AvgIpc) is 2.27. The molecule has 0 aromatic heterocycles. The monoisotopic (exact) mass is 210 g/mol. The molecule has 1 N–H and O–H groups in total. The van der Waals surface area contributed by atoms with E-state index in [2.05, 4.69) is 0 Å². The van der Waals surface area contributed by atoms with E-state index in [4.69, 9.17) is 9.47 Å². The van der Waals surface area contributed by atoms with Gasteiger partial charge in [0, 0.05) is 0 Å². The van der Waals surface area contributed by atoms with Crippen molar-refractivity contribution in [2.24, 2.45) is 0 Å². The molecule has 0 aliphatic heterocycles. The Morgan fingerprint density at radius 2 is 1.73 bits per heavy atom. The normalized spacial score (nSPS) is 14.4. The topological polar surface area (TPSA) is 38.7 Å². The zero-order valence-electron chi connectivity index (χ0n) is 9.49. The maximum atomic E-state index is 9.74. The van der Waals surface area contributed by atoms with E-state index in [1.165, 1.54) is 0 Å². The first kappa shape index (κ1) is 11.9. The molecule has 15 heavy (non-hydrogen) atoms. The highest BCUT2D eigenvalue weighted by Gasteiger charge is 2.18. The van der Waals surface area contributed by atoms with E-state index in [-0.39, 0.29) is 0 Å². The Hall–Kier alpha value is -1.22. The maximum absolute atomic E-state index is 9.74. The molecule has 0 saturated carbocycles. The lowest BCUT2D eigenvalue weighted by Crippen LogP contribution is -2.31. The van der Waals surface area contributed by atoms with Gasteiger partial charge < -0.3 is 14.6 Å². The molecule has 0 amide bonds. The maximum Gasteiger partial charge on any atom is 0.119 e. The second-order valence-corrected chi connectivity index (χ2v) is 3.81. The standard InChI is InChI=1S/C12H18O3/c1-4-12(2,13)9-15-11-7-5-10(14-3)6-8-11/h5-8,13H,4,9H2,1-3H3. The first-order valence-corrected chi connectivity index (χ1v) is 5.06. The zero-order valence-corrected chi connectivity index (χ0v) is 9.49. The lowest BCUT2D eigenvalue weighted by molar-refractivity contribution is 0.00846. The van der Waals surface area contributed by atoms with Crippen LogP contribution in [0.4, 0.5) is 0 Å². The third kappa shape index (κ3) is 3.80. The summed E-state index contributed by atoms with van der Waals surface area (Å²) < 4.78 is 10.5. The fraction of sp³-hybridized carbons (Fsp3) is 0.500. The fourth-order valence-electron chi connectivity index (χ4n) is 1.01. The van der Waals surface area contributed by atoms with Crippen LogP contribution in [-0.2, 0) is 0 Å². The van der Waals surface area contributed by atoms with Gasteiger partial charge in [-0.1, -0.05) is 6.92 Å². The van der Waals surface area contributed by atoms with Crippen molar-refractivity contribution in [2.45, 2.75) is 25.9 Å².